The van der Waals surface area contributed by atoms with Gasteiger partial charge in [0.25, 0.3) is 11.1 Å². The normalized spacial score (nSPS) is 11.2. The number of carboxylic acid groups (broad SMARTS) is 2. The van der Waals surface area contributed by atoms with E-state index in [0.717, 1.165) is 6.42 Å². The van der Waals surface area contributed by atoms with Gasteiger partial charge in [-0.2, -0.15) is 0 Å². The topological polar surface area (TPSA) is 149 Å². The first-order valence-electron chi connectivity index (χ1n) is 9.91. The fraction of sp³-hybridized carbons (Fsp3) is 0.524. The number of aliphatic hydroxyl groups excluding tert-OH is 1. The van der Waals surface area contributed by atoms with Crippen LogP contribution in [0.2, 0.25) is 0 Å². The largest absolute Gasteiger partial charge is 0.478 e. The molecule has 178 valence electrons. The molecule has 0 aromatic carbocycles. The Morgan fingerprint density at radius 1 is 1.25 bits per heavy atom. The van der Waals surface area contributed by atoms with E-state index in [1.165, 1.54) is 17.5 Å². The molecule has 11 heteroatoms. The zero-order valence-electron chi connectivity index (χ0n) is 18.7. The van der Waals surface area contributed by atoms with Gasteiger partial charge in [-0.1, -0.05) is 32.1 Å². The minimum atomic E-state index is -1.26. The molecule has 0 radical (unpaired) electrons. The molecule has 0 bridgehead atoms. The van der Waals surface area contributed by atoms with Crippen LogP contribution in [-0.4, -0.2) is 81.9 Å². The van der Waals surface area contributed by atoms with Gasteiger partial charge in [0.05, 0.1) is 6.20 Å². The van der Waals surface area contributed by atoms with Gasteiger partial charge in [0, 0.05) is 51.2 Å². The molecule has 1 aromatic rings. The van der Waals surface area contributed by atoms with Crippen LogP contribution in [0.3, 0.4) is 0 Å². The van der Waals surface area contributed by atoms with E-state index < -0.39 is 18.0 Å². The molecule has 1 unspecified atom stereocenters. The van der Waals surface area contributed by atoms with Gasteiger partial charge in [-0.15, -0.1) is 11.8 Å². The molecule has 1 aromatic heterocycles. The second-order valence-corrected chi connectivity index (χ2v) is 7.71. The summed E-state index contributed by atoms with van der Waals surface area (Å²) in [5, 5.41) is 28.9. The van der Waals surface area contributed by atoms with Crippen molar-refractivity contribution in [2.75, 3.05) is 26.7 Å². The molecule has 1 atom stereocenters. The number of ether oxygens (including phenoxy) is 1. The molecular weight excluding hydrogens is 438 g/mol. The molecule has 0 fully saturated rings. The van der Waals surface area contributed by atoms with E-state index in [2.05, 4.69) is 22.1 Å². The first-order chi connectivity index (χ1) is 15.1. The molecular formula is C21H31N3O7S. The van der Waals surface area contributed by atoms with Gasteiger partial charge < -0.3 is 30.3 Å². The quantitative estimate of drug-likeness (QED) is 0.279. The van der Waals surface area contributed by atoms with Crippen LogP contribution in [0.25, 0.3) is 0 Å². The van der Waals surface area contributed by atoms with Crippen molar-refractivity contribution in [1.82, 2.24) is 15.2 Å². The summed E-state index contributed by atoms with van der Waals surface area (Å²) in [6, 6.07) is 0.307. The van der Waals surface area contributed by atoms with Gasteiger partial charge in [-0.25, -0.2) is 14.6 Å². The van der Waals surface area contributed by atoms with Crippen LogP contribution >= 0.6 is 11.3 Å². The number of thiazole rings is 1. The number of carbonyl (C=O) groups is 3. The number of nitrogens with zero attached hydrogens (tertiary/aromatic N) is 2. The van der Waals surface area contributed by atoms with Crippen LogP contribution in [0.4, 0.5) is 0 Å². The van der Waals surface area contributed by atoms with Crippen molar-refractivity contribution >= 4 is 29.2 Å². The van der Waals surface area contributed by atoms with Crippen LogP contribution < -0.4 is 10.1 Å². The van der Waals surface area contributed by atoms with Crippen molar-refractivity contribution in [2.45, 2.75) is 45.8 Å². The predicted octanol–water partition coefficient (Wildman–Crippen LogP) is 1.47. The van der Waals surface area contributed by atoms with Crippen molar-refractivity contribution in [3.05, 3.63) is 23.2 Å². The Morgan fingerprint density at radius 3 is 2.41 bits per heavy atom. The molecule has 0 aliphatic rings. The summed E-state index contributed by atoms with van der Waals surface area (Å²) < 4.78 is 5.45. The smallest absolute Gasteiger partial charge is 0.328 e. The van der Waals surface area contributed by atoms with Crippen molar-refractivity contribution in [3.8, 4) is 17.0 Å². The highest BCUT2D eigenvalue weighted by Gasteiger charge is 2.16. The molecule has 1 heterocycles. The minimum Gasteiger partial charge on any atom is -0.478 e. The van der Waals surface area contributed by atoms with Crippen molar-refractivity contribution < 1.29 is 34.4 Å². The summed E-state index contributed by atoms with van der Waals surface area (Å²) in [6.45, 7) is 7.20. The van der Waals surface area contributed by atoms with Crippen molar-refractivity contribution in [1.29, 1.82) is 0 Å². The van der Waals surface area contributed by atoms with E-state index in [1.54, 1.807) is 11.9 Å². The summed E-state index contributed by atoms with van der Waals surface area (Å²) in [5.74, 6) is 3.39. The van der Waals surface area contributed by atoms with E-state index in [4.69, 9.17) is 14.9 Å². The maximum absolute atomic E-state index is 12.3. The first-order valence-corrected chi connectivity index (χ1v) is 10.7. The molecule has 1 amide bonds. The third-order valence-corrected chi connectivity index (χ3v) is 4.34. The lowest BCUT2D eigenvalue weighted by Crippen LogP contribution is -2.35. The molecule has 0 spiro atoms. The van der Waals surface area contributed by atoms with Gasteiger partial charge >= 0.3 is 11.9 Å². The molecule has 0 saturated heterocycles. The van der Waals surface area contributed by atoms with E-state index in [0.29, 0.717) is 47.8 Å². The Balaban J connectivity index is 0.00000102. The highest BCUT2D eigenvalue weighted by molar-refractivity contribution is 7.15. The minimum absolute atomic E-state index is 0.0947. The number of nitrogens with one attached hydrogen (secondary N) is 1. The Hall–Kier alpha value is -2.94. The predicted molar refractivity (Wildman–Crippen MR) is 121 cm³/mol. The summed E-state index contributed by atoms with van der Waals surface area (Å²) in [5.41, 5.74) is 0. The van der Waals surface area contributed by atoms with Crippen LogP contribution in [-0.2, 0) is 9.59 Å². The Morgan fingerprint density at radius 2 is 1.88 bits per heavy atom. The summed E-state index contributed by atoms with van der Waals surface area (Å²) in [7, 11) is 1.75. The average molecular weight is 470 g/mol. The summed E-state index contributed by atoms with van der Waals surface area (Å²) >= 11 is 1.19. The number of aliphatic carboxylic acids is 2. The van der Waals surface area contributed by atoms with E-state index in [-0.39, 0.29) is 12.5 Å². The third kappa shape index (κ3) is 15.0. The lowest BCUT2D eigenvalue weighted by Gasteiger charge is -2.14. The highest BCUT2D eigenvalue weighted by atomic mass is 32.1. The fourth-order valence-electron chi connectivity index (χ4n) is 1.89. The molecule has 1 rings (SSSR count). The summed E-state index contributed by atoms with van der Waals surface area (Å²) in [4.78, 5) is 37.6. The lowest BCUT2D eigenvalue weighted by molar-refractivity contribution is -0.134. The number of aromatic nitrogens is 1. The van der Waals surface area contributed by atoms with Gasteiger partial charge in [0.1, 0.15) is 17.6 Å². The zero-order chi connectivity index (χ0) is 24.5. The highest BCUT2D eigenvalue weighted by Crippen LogP contribution is 2.21. The SMILES string of the molecule is CCC#CCCN(C)C(=O)c1cnc(OCC(O)CNC(C)C)s1.O=C(O)/C=C\C(=O)O. The third-order valence-electron chi connectivity index (χ3n) is 3.45. The van der Waals surface area contributed by atoms with E-state index in [1.807, 2.05) is 20.8 Å². The number of carbonyl (C=O) groups excluding carboxylic acids is 1. The average Bonchev–Trinajstić information content (AvgIpc) is 3.21. The maximum Gasteiger partial charge on any atom is 0.328 e. The van der Waals surface area contributed by atoms with E-state index >= 15 is 0 Å². The molecule has 4 N–H and O–H groups in total. The van der Waals surface area contributed by atoms with Crippen LogP contribution in [0.15, 0.2) is 18.3 Å². The van der Waals surface area contributed by atoms with Gasteiger partial charge in [-0.05, 0) is 0 Å². The second-order valence-electron chi connectivity index (χ2n) is 6.71. The lowest BCUT2D eigenvalue weighted by atomic mass is 10.3. The first kappa shape index (κ1) is 29.1. The van der Waals surface area contributed by atoms with Gasteiger partial charge in [0.15, 0.2) is 0 Å². The second kappa shape index (κ2) is 16.7. The Labute approximate surface area is 191 Å². The van der Waals surface area contributed by atoms with Crippen LogP contribution in [0.5, 0.6) is 5.19 Å². The molecule has 0 aliphatic heterocycles. The van der Waals surface area contributed by atoms with Crippen molar-refractivity contribution in [2.24, 2.45) is 0 Å². The maximum atomic E-state index is 12.3. The Kier molecular flexibility index (Phi) is 15.2. The number of aliphatic hydroxyl groups is 1. The van der Waals surface area contributed by atoms with Crippen molar-refractivity contribution in [3.63, 3.8) is 0 Å². The van der Waals surface area contributed by atoms with Crippen LogP contribution in [0, 0.1) is 11.8 Å². The molecule has 32 heavy (non-hydrogen) atoms. The fourth-order valence-corrected chi connectivity index (χ4v) is 2.66. The Bertz CT molecular complexity index is 796. The van der Waals surface area contributed by atoms with Gasteiger partial charge in [0.2, 0.25) is 0 Å². The van der Waals surface area contributed by atoms with Crippen LogP contribution in [0.1, 0.15) is 43.3 Å². The zero-order valence-corrected chi connectivity index (χ0v) is 19.5. The molecule has 10 nitrogen and oxygen atoms in total. The number of hydrogen-bond acceptors (Lipinski definition) is 8. The number of amides is 1. The van der Waals surface area contributed by atoms with E-state index in [9.17, 15) is 19.5 Å². The number of carboxylic acids is 2. The standard InChI is InChI=1S/C17H27N3O3S.C4H4O4/c1-5-6-7-8-9-20(4)16(22)15-11-19-17(24-15)23-12-14(21)10-18-13(2)3;5-3(6)1-2-4(7)8/h11,13-14,18,21H,5,8-10,12H2,1-4H3;1-2H,(H,5,6)(H,7,8)/b;2-1-. The summed E-state index contributed by atoms with van der Waals surface area (Å²) in [6.07, 6.45) is 3.49. The monoisotopic (exact) mass is 469 g/mol. The molecule has 0 aliphatic carbocycles. The number of rotatable bonds is 11. The van der Waals surface area contributed by atoms with Gasteiger partial charge in [-0.3, -0.25) is 4.79 Å². The molecule has 0 saturated carbocycles. The number of hydrogen-bond donors (Lipinski definition) is 4.